The summed E-state index contributed by atoms with van der Waals surface area (Å²) in [4.78, 5) is 36.9. The number of benzene rings is 3. The first-order valence-corrected chi connectivity index (χ1v) is 12.1. The second kappa shape index (κ2) is 7.85. The summed E-state index contributed by atoms with van der Waals surface area (Å²) in [5, 5.41) is 2.80. The van der Waals surface area contributed by atoms with Gasteiger partial charge in [0.25, 0.3) is 0 Å². The van der Waals surface area contributed by atoms with E-state index in [1.165, 1.54) is 11.3 Å². The van der Waals surface area contributed by atoms with Crippen molar-refractivity contribution in [2.45, 2.75) is 20.4 Å². The van der Waals surface area contributed by atoms with Crippen LogP contribution in [0.15, 0.2) is 72.3 Å². The van der Waals surface area contributed by atoms with Crippen LogP contribution in [0, 0.1) is 5.92 Å². The smallest absolute Gasteiger partial charge is 0.197 e. The van der Waals surface area contributed by atoms with Gasteiger partial charge in [0.2, 0.25) is 0 Å². The fraction of sp³-hybridized carbons (Fsp3) is 0.143. The highest BCUT2D eigenvalue weighted by atomic mass is 32.1. The normalized spacial score (nSPS) is 13.4. The van der Waals surface area contributed by atoms with Gasteiger partial charge in [-0.3, -0.25) is 9.59 Å². The van der Waals surface area contributed by atoms with Crippen molar-refractivity contribution in [1.82, 2.24) is 14.5 Å². The second-order valence-electron chi connectivity index (χ2n) is 8.95. The van der Waals surface area contributed by atoms with E-state index in [1.807, 2.05) is 71.3 Å². The Morgan fingerprint density at radius 2 is 1.50 bits per heavy atom. The first kappa shape index (κ1) is 20.7. The summed E-state index contributed by atoms with van der Waals surface area (Å²) >= 11 is 1.52. The minimum absolute atomic E-state index is 0.163. The van der Waals surface area contributed by atoms with Crippen molar-refractivity contribution in [2.75, 3.05) is 0 Å². The molecule has 0 saturated heterocycles. The lowest BCUT2D eigenvalue weighted by atomic mass is 10.0. The Labute approximate surface area is 200 Å². The molecule has 5 aromatic rings. The Bertz CT molecular complexity index is 1580. The summed E-state index contributed by atoms with van der Waals surface area (Å²) in [5.41, 5.74) is 2.92. The van der Waals surface area contributed by atoms with Crippen molar-refractivity contribution in [2.24, 2.45) is 5.92 Å². The predicted octanol–water partition coefficient (Wildman–Crippen LogP) is 6.43. The fourth-order valence-corrected chi connectivity index (χ4v) is 5.41. The van der Waals surface area contributed by atoms with Gasteiger partial charge >= 0.3 is 0 Å². The molecule has 2 heterocycles. The number of fused-ring (bicyclic) bond motifs is 3. The molecule has 1 aliphatic rings. The van der Waals surface area contributed by atoms with Gasteiger partial charge in [0.05, 0.1) is 5.57 Å². The topological polar surface area (TPSA) is 64.8 Å². The summed E-state index contributed by atoms with van der Waals surface area (Å²) in [6, 6.07) is 21.4. The van der Waals surface area contributed by atoms with Gasteiger partial charge in [0.1, 0.15) is 10.8 Å². The van der Waals surface area contributed by atoms with Crippen LogP contribution in [0.4, 0.5) is 0 Å². The van der Waals surface area contributed by atoms with Crippen LogP contribution >= 0.6 is 11.3 Å². The molecule has 0 unspecified atom stereocenters. The number of carbonyl (C=O) groups excluding carboxylic acids is 2. The summed E-state index contributed by atoms with van der Waals surface area (Å²) in [6.45, 7) is 4.94. The van der Waals surface area contributed by atoms with Crippen LogP contribution in [0.1, 0.15) is 40.4 Å². The molecule has 6 heteroatoms. The second-order valence-corrected chi connectivity index (χ2v) is 9.93. The molecule has 0 spiro atoms. The van der Waals surface area contributed by atoms with E-state index >= 15 is 0 Å². The van der Waals surface area contributed by atoms with E-state index in [1.54, 1.807) is 6.08 Å². The maximum Gasteiger partial charge on any atom is 0.197 e. The van der Waals surface area contributed by atoms with Gasteiger partial charge in [-0.05, 0) is 34.9 Å². The van der Waals surface area contributed by atoms with Crippen LogP contribution in [0.25, 0.3) is 37.9 Å². The largest absolute Gasteiger partial charge is 0.308 e. The molecule has 166 valence electrons. The number of hydrogen-bond donors (Lipinski definition) is 0. The summed E-state index contributed by atoms with van der Waals surface area (Å²) in [5.74, 6) is 0.447. The first-order chi connectivity index (χ1) is 16.5. The number of rotatable bonds is 4. The molecule has 0 saturated carbocycles. The molecule has 5 nitrogen and oxygen atoms in total. The van der Waals surface area contributed by atoms with Crippen molar-refractivity contribution < 1.29 is 9.59 Å². The molecule has 0 atom stereocenters. The van der Waals surface area contributed by atoms with Gasteiger partial charge in [-0.15, -0.1) is 0 Å². The van der Waals surface area contributed by atoms with Gasteiger partial charge in [0, 0.05) is 23.2 Å². The van der Waals surface area contributed by atoms with Crippen LogP contribution in [0.5, 0.6) is 0 Å². The molecule has 0 fully saturated rings. The maximum atomic E-state index is 13.2. The molecule has 34 heavy (non-hydrogen) atoms. The Morgan fingerprint density at radius 1 is 0.882 bits per heavy atom. The minimum atomic E-state index is -0.244. The van der Waals surface area contributed by atoms with Crippen LogP contribution < -0.4 is 0 Å². The molecule has 0 radical (unpaired) electrons. The van der Waals surface area contributed by atoms with Crippen LogP contribution in [-0.4, -0.2) is 26.1 Å². The van der Waals surface area contributed by atoms with Gasteiger partial charge in [-0.1, -0.05) is 79.8 Å². The lowest BCUT2D eigenvalue weighted by Crippen LogP contribution is -2.08. The number of allylic oxidation sites excluding steroid dienone is 1. The van der Waals surface area contributed by atoms with E-state index in [2.05, 4.69) is 13.8 Å². The molecule has 0 amide bonds. The first-order valence-electron chi connectivity index (χ1n) is 11.3. The van der Waals surface area contributed by atoms with E-state index < -0.39 is 0 Å². The SMILES string of the molecule is CC(C)Cn1c(C=C2C(=O)c3cc4ccccc4cc3C2=O)nc2sc(-c3ccccc3)nc21. The van der Waals surface area contributed by atoms with Crippen LogP contribution in [0.2, 0.25) is 0 Å². The van der Waals surface area contributed by atoms with Gasteiger partial charge < -0.3 is 4.57 Å². The zero-order valence-electron chi connectivity index (χ0n) is 18.8. The van der Waals surface area contributed by atoms with E-state index in [-0.39, 0.29) is 17.1 Å². The summed E-state index contributed by atoms with van der Waals surface area (Å²) in [6.07, 6.45) is 1.65. The highest BCUT2D eigenvalue weighted by Gasteiger charge is 2.34. The standard InChI is InChI=1S/C28H21N3O2S/c1-16(2)15-31-23(29-28-26(31)30-27(34-28)17-8-4-3-5-9-17)14-22-24(32)20-12-18-10-6-7-11-19(18)13-21(20)25(22)33/h3-14,16H,15H2,1-2H3. The zero-order chi connectivity index (χ0) is 23.4. The van der Waals surface area contributed by atoms with Crippen molar-refractivity contribution in [3.63, 3.8) is 0 Å². The number of Topliss-reactive ketones (excluding diaryl/α,β-unsaturated/α-hetero) is 2. The summed E-state index contributed by atoms with van der Waals surface area (Å²) < 4.78 is 2.02. The third-order valence-electron chi connectivity index (χ3n) is 6.05. The van der Waals surface area contributed by atoms with Crippen LogP contribution in [-0.2, 0) is 6.54 Å². The molecule has 1 aliphatic carbocycles. The Hall–Kier alpha value is -3.90. The zero-order valence-corrected chi connectivity index (χ0v) is 19.6. The van der Waals surface area contributed by atoms with E-state index in [0.717, 1.165) is 31.8 Å². The van der Waals surface area contributed by atoms with Crippen molar-refractivity contribution >= 4 is 50.2 Å². The third-order valence-corrected chi connectivity index (χ3v) is 7.03. The predicted molar refractivity (Wildman–Crippen MR) is 136 cm³/mol. The molecule has 0 N–H and O–H groups in total. The summed E-state index contributed by atoms with van der Waals surface area (Å²) in [7, 11) is 0. The number of aromatic nitrogens is 3. The molecule has 0 aliphatic heterocycles. The van der Waals surface area contributed by atoms with Crippen molar-refractivity contribution in [3.05, 3.63) is 89.3 Å². The minimum Gasteiger partial charge on any atom is -0.308 e. The molecule has 6 rings (SSSR count). The van der Waals surface area contributed by atoms with Gasteiger partial charge in [-0.25, -0.2) is 9.97 Å². The lowest BCUT2D eigenvalue weighted by Gasteiger charge is -2.09. The van der Waals surface area contributed by atoms with Crippen molar-refractivity contribution in [1.29, 1.82) is 0 Å². The molecular formula is C28H21N3O2S. The lowest BCUT2D eigenvalue weighted by molar-refractivity contribution is 0.0990. The van der Waals surface area contributed by atoms with Gasteiger partial charge in [0.15, 0.2) is 22.0 Å². The van der Waals surface area contributed by atoms with Gasteiger partial charge in [-0.2, -0.15) is 0 Å². The number of ketones is 2. The molecule has 2 aromatic heterocycles. The van der Waals surface area contributed by atoms with E-state index in [9.17, 15) is 9.59 Å². The average molecular weight is 464 g/mol. The Morgan fingerprint density at radius 3 is 2.12 bits per heavy atom. The Balaban J connectivity index is 1.47. The fourth-order valence-electron chi connectivity index (χ4n) is 4.45. The number of thiazole rings is 1. The molecular weight excluding hydrogens is 442 g/mol. The number of hydrogen-bond acceptors (Lipinski definition) is 5. The quantitative estimate of drug-likeness (QED) is 0.227. The van der Waals surface area contributed by atoms with E-state index in [4.69, 9.17) is 9.97 Å². The molecule has 0 bridgehead atoms. The Kier molecular flexibility index (Phi) is 4.78. The maximum absolute atomic E-state index is 13.2. The molecule has 3 aromatic carbocycles. The number of carbonyl (C=O) groups is 2. The number of imidazole rings is 1. The number of nitrogens with zero attached hydrogens (tertiary/aromatic N) is 3. The monoisotopic (exact) mass is 463 g/mol. The highest BCUT2D eigenvalue weighted by Crippen LogP contribution is 2.34. The third kappa shape index (κ3) is 3.30. The van der Waals surface area contributed by atoms with E-state index in [0.29, 0.717) is 29.4 Å². The van der Waals surface area contributed by atoms with Crippen LogP contribution in [0.3, 0.4) is 0 Å². The highest BCUT2D eigenvalue weighted by molar-refractivity contribution is 7.21. The average Bonchev–Trinajstić information content (AvgIpc) is 3.46. The van der Waals surface area contributed by atoms with Crippen molar-refractivity contribution in [3.8, 4) is 10.6 Å².